The Morgan fingerprint density at radius 2 is 2.11 bits per heavy atom. The molecule has 1 atom stereocenters. The number of nitrogen functional groups attached to an aromatic ring is 1. The van der Waals surface area contributed by atoms with E-state index in [1.54, 1.807) is 18.7 Å². The minimum atomic E-state index is -0.813. The number of carboxylic acids is 1. The Labute approximate surface area is 118 Å². The fourth-order valence-corrected chi connectivity index (χ4v) is 3.06. The summed E-state index contributed by atoms with van der Waals surface area (Å²) in [5.41, 5.74) is 7.42. The van der Waals surface area contributed by atoms with Gasteiger partial charge in [-0.25, -0.2) is 0 Å². The summed E-state index contributed by atoms with van der Waals surface area (Å²) in [6.45, 7) is 1.68. The molecule has 0 spiro atoms. The molecule has 1 unspecified atom stereocenters. The van der Waals surface area contributed by atoms with Gasteiger partial charge in [-0.05, 0) is 18.1 Å². The van der Waals surface area contributed by atoms with Crippen LogP contribution >= 0.6 is 23.1 Å². The highest BCUT2D eigenvalue weighted by Gasteiger charge is 2.13. The Hall–Kier alpha value is -1.60. The summed E-state index contributed by atoms with van der Waals surface area (Å²) in [6.07, 6.45) is 0. The molecule has 0 saturated heterocycles. The Morgan fingerprint density at radius 1 is 1.42 bits per heavy atom. The molecule has 0 radical (unpaired) electrons. The van der Waals surface area contributed by atoms with Crippen molar-refractivity contribution in [1.29, 1.82) is 0 Å². The van der Waals surface area contributed by atoms with Crippen LogP contribution in [-0.4, -0.2) is 21.3 Å². The first-order valence-electron chi connectivity index (χ1n) is 5.59. The fourth-order valence-electron chi connectivity index (χ4n) is 1.47. The smallest absolute Gasteiger partial charge is 0.310 e. The number of aliphatic carboxylic acids is 1. The summed E-state index contributed by atoms with van der Waals surface area (Å²) in [6, 6.07) is 7.57. The molecule has 0 fully saturated rings. The summed E-state index contributed by atoms with van der Waals surface area (Å²) < 4.78 is 0.834. The van der Waals surface area contributed by atoms with E-state index in [0.717, 1.165) is 21.2 Å². The second-order valence-electron chi connectivity index (χ2n) is 4.00. The Bertz CT molecular complexity index is 569. The van der Waals surface area contributed by atoms with Crippen molar-refractivity contribution in [1.82, 2.24) is 10.2 Å². The predicted molar refractivity (Wildman–Crippen MR) is 76.4 cm³/mol. The molecule has 2 aromatic rings. The third kappa shape index (κ3) is 3.68. The van der Waals surface area contributed by atoms with Crippen LogP contribution in [-0.2, 0) is 10.5 Å². The summed E-state index contributed by atoms with van der Waals surface area (Å²) in [5.74, 6) is -0.535. The zero-order chi connectivity index (χ0) is 13.8. The predicted octanol–water partition coefficient (Wildman–Crippen LogP) is 2.60. The number of anilines is 1. The number of carboxylic acid groups (broad SMARTS) is 1. The maximum Gasteiger partial charge on any atom is 0.310 e. The molecule has 0 aliphatic rings. The van der Waals surface area contributed by atoms with E-state index in [4.69, 9.17) is 10.8 Å². The van der Waals surface area contributed by atoms with Gasteiger partial charge in [-0.3, -0.25) is 4.79 Å². The molecule has 1 aromatic carbocycles. The number of carbonyl (C=O) groups is 1. The van der Waals surface area contributed by atoms with E-state index in [1.165, 1.54) is 11.3 Å². The molecule has 1 heterocycles. The summed E-state index contributed by atoms with van der Waals surface area (Å²) >= 11 is 2.92. The third-order valence-electron chi connectivity index (χ3n) is 2.63. The lowest BCUT2D eigenvalue weighted by molar-refractivity contribution is -0.138. The number of benzene rings is 1. The molecule has 2 rings (SSSR count). The zero-order valence-corrected chi connectivity index (χ0v) is 11.9. The highest BCUT2D eigenvalue weighted by Crippen LogP contribution is 2.27. The van der Waals surface area contributed by atoms with Crippen molar-refractivity contribution >= 4 is 34.2 Å². The summed E-state index contributed by atoms with van der Waals surface area (Å²) in [4.78, 5) is 10.9. The van der Waals surface area contributed by atoms with Gasteiger partial charge in [0.2, 0.25) is 5.13 Å². The van der Waals surface area contributed by atoms with Crippen molar-refractivity contribution in [3.05, 3.63) is 35.4 Å². The summed E-state index contributed by atoms with van der Waals surface area (Å²) in [7, 11) is 0. The van der Waals surface area contributed by atoms with Crippen molar-refractivity contribution in [2.45, 2.75) is 22.9 Å². The van der Waals surface area contributed by atoms with Crippen LogP contribution in [0.5, 0.6) is 0 Å². The monoisotopic (exact) mass is 295 g/mol. The van der Waals surface area contributed by atoms with Gasteiger partial charge in [0, 0.05) is 5.75 Å². The van der Waals surface area contributed by atoms with Gasteiger partial charge in [0.1, 0.15) is 0 Å². The Kier molecular flexibility index (Phi) is 4.39. The lowest BCUT2D eigenvalue weighted by Crippen LogP contribution is -2.07. The topological polar surface area (TPSA) is 89.1 Å². The van der Waals surface area contributed by atoms with Crippen LogP contribution < -0.4 is 5.73 Å². The number of nitrogens with two attached hydrogens (primary N) is 1. The van der Waals surface area contributed by atoms with Crippen LogP contribution in [0.15, 0.2) is 28.6 Å². The number of nitrogens with zero attached hydrogens (tertiary/aromatic N) is 2. The molecular formula is C12H13N3O2S2. The van der Waals surface area contributed by atoms with Gasteiger partial charge in [-0.1, -0.05) is 47.4 Å². The number of aromatic nitrogens is 2. The second kappa shape index (κ2) is 6.03. The number of hydrogen-bond acceptors (Lipinski definition) is 6. The molecule has 0 amide bonds. The molecule has 0 bridgehead atoms. The minimum absolute atomic E-state index is 0.466. The largest absolute Gasteiger partial charge is 0.481 e. The van der Waals surface area contributed by atoms with Crippen LogP contribution in [0.4, 0.5) is 5.13 Å². The first-order valence-corrected chi connectivity index (χ1v) is 7.40. The van der Waals surface area contributed by atoms with Gasteiger partial charge in [-0.2, -0.15) is 0 Å². The number of hydrogen-bond donors (Lipinski definition) is 2. The van der Waals surface area contributed by atoms with Gasteiger partial charge in [0.05, 0.1) is 5.92 Å². The van der Waals surface area contributed by atoms with E-state index in [0.29, 0.717) is 5.13 Å². The van der Waals surface area contributed by atoms with E-state index in [1.807, 2.05) is 24.3 Å². The van der Waals surface area contributed by atoms with Crippen molar-refractivity contribution in [3.63, 3.8) is 0 Å². The lowest BCUT2D eigenvalue weighted by atomic mass is 10.0. The van der Waals surface area contributed by atoms with Crippen LogP contribution in [0, 0.1) is 0 Å². The Morgan fingerprint density at radius 3 is 2.63 bits per heavy atom. The third-order valence-corrected chi connectivity index (χ3v) is 4.59. The van der Waals surface area contributed by atoms with Gasteiger partial charge in [-0.15, -0.1) is 10.2 Å². The van der Waals surface area contributed by atoms with Crippen LogP contribution in [0.3, 0.4) is 0 Å². The molecule has 5 nitrogen and oxygen atoms in total. The second-order valence-corrected chi connectivity index (χ2v) is 6.23. The first-order chi connectivity index (χ1) is 9.06. The highest BCUT2D eigenvalue weighted by atomic mass is 32.2. The maximum absolute atomic E-state index is 10.9. The van der Waals surface area contributed by atoms with Gasteiger partial charge in [0.25, 0.3) is 0 Å². The average molecular weight is 295 g/mol. The SMILES string of the molecule is CC(C(=O)O)c1ccc(CSc2nnc(N)s2)cc1. The van der Waals surface area contributed by atoms with E-state index >= 15 is 0 Å². The van der Waals surface area contributed by atoms with E-state index < -0.39 is 11.9 Å². The quantitative estimate of drug-likeness (QED) is 0.824. The van der Waals surface area contributed by atoms with Gasteiger partial charge < -0.3 is 10.8 Å². The molecular weight excluding hydrogens is 282 g/mol. The Balaban J connectivity index is 1.97. The van der Waals surface area contributed by atoms with Crippen molar-refractivity contribution in [2.75, 3.05) is 5.73 Å². The average Bonchev–Trinajstić information content (AvgIpc) is 2.82. The van der Waals surface area contributed by atoms with Crippen molar-refractivity contribution < 1.29 is 9.90 Å². The normalized spacial score (nSPS) is 12.3. The van der Waals surface area contributed by atoms with Crippen molar-refractivity contribution in [3.8, 4) is 0 Å². The highest BCUT2D eigenvalue weighted by molar-refractivity contribution is 8.00. The van der Waals surface area contributed by atoms with Gasteiger partial charge in [0.15, 0.2) is 4.34 Å². The number of rotatable bonds is 5. The minimum Gasteiger partial charge on any atom is -0.481 e. The van der Waals surface area contributed by atoms with E-state index in [2.05, 4.69) is 10.2 Å². The molecule has 7 heteroatoms. The van der Waals surface area contributed by atoms with Crippen LogP contribution in [0.2, 0.25) is 0 Å². The molecule has 19 heavy (non-hydrogen) atoms. The molecule has 0 aliphatic carbocycles. The molecule has 0 aliphatic heterocycles. The number of thioether (sulfide) groups is 1. The van der Waals surface area contributed by atoms with Crippen molar-refractivity contribution in [2.24, 2.45) is 0 Å². The molecule has 100 valence electrons. The fraction of sp³-hybridized carbons (Fsp3) is 0.250. The van der Waals surface area contributed by atoms with E-state index in [9.17, 15) is 4.79 Å². The van der Waals surface area contributed by atoms with Crippen LogP contribution in [0.25, 0.3) is 0 Å². The zero-order valence-electron chi connectivity index (χ0n) is 10.2. The molecule has 0 saturated carbocycles. The standard InChI is InChI=1S/C12H13N3O2S2/c1-7(10(16)17)9-4-2-8(3-5-9)6-18-12-15-14-11(13)19-12/h2-5,7H,6H2,1H3,(H2,13,14)(H,16,17). The summed E-state index contributed by atoms with van der Waals surface area (Å²) in [5, 5.41) is 17.1. The molecule has 3 N–H and O–H groups in total. The first kappa shape index (κ1) is 13.8. The maximum atomic E-state index is 10.9. The van der Waals surface area contributed by atoms with Gasteiger partial charge >= 0.3 is 5.97 Å². The van der Waals surface area contributed by atoms with E-state index in [-0.39, 0.29) is 0 Å². The lowest BCUT2D eigenvalue weighted by Gasteiger charge is -2.07. The molecule has 1 aromatic heterocycles. The van der Waals surface area contributed by atoms with Crippen LogP contribution in [0.1, 0.15) is 24.0 Å².